The van der Waals surface area contributed by atoms with Crippen molar-refractivity contribution >= 4 is 11.0 Å². The summed E-state index contributed by atoms with van der Waals surface area (Å²) in [6.45, 7) is 0.553. The van der Waals surface area contributed by atoms with Crippen molar-refractivity contribution in [3.05, 3.63) is 46.3 Å². The Morgan fingerprint density at radius 3 is 2.86 bits per heavy atom. The molecule has 14 heavy (non-hydrogen) atoms. The molecule has 1 aromatic carbocycles. The third-order valence-electron chi connectivity index (χ3n) is 2.14. The molecular weight excluding hydrogens is 178 g/mol. The van der Waals surface area contributed by atoms with Crippen molar-refractivity contribution in [2.24, 2.45) is 5.73 Å². The lowest BCUT2D eigenvalue weighted by Gasteiger charge is -2.02. The molecule has 0 fully saturated rings. The number of rotatable bonds is 2. The van der Waals surface area contributed by atoms with Crippen LogP contribution in [0.25, 0.3) is 11.0 Å². The monoisotopic (exact) mass is 189 g/mol. The summed E-state index contributed by atoms with van der Waals surface area (Å²) in [6.07, 6.45) is 0.726. The molecule has 0 unspecified atom stereocenters. The zero-order valence-electron chi connectivity index (χ0n) is 7.69. The van der Waals surface area contributed by atoms with Gasteiger partial charge in [0.15, 0.2) is 0 Å². The van der Waals surface area contributed by atoms with E-state index in [-0.39, 0.29) is 5.63 Å². The molecule has 2 rings (SSSR count). The Morgan fingerprint density at radius 2 is 2.07 bits per heavy atom. The van der Waals surface area contributed by atoms with Gasteiger partial charge in [0, 0.05) is 11.5 Å². The molecule has 1 aromatic heterocycles. The van der Waals surface area contributed by atoms with Gasteiger partial charge >= 0.3 is 5.63 Å². The minimum atomic E-state index is -0.318. The fraction of sp³-hybridized carbons (Fsp3) is 0.182. The van der Waals surface area contributed by atoms with Gasteiger partial charge in [0.2, 0.25) is 0 Å². The van der Waals surface area contributed by atoms with Gasteiger partial charge in [0.05, 0.1) is 0 Å². The van der Waals surface area contributed by atoms with Crippen LogP contribution in [-0.4, -0.2) is 6.54 Å². The number of hydrogen-bond acceptors (Lipinski definition) is 3. The Kier molecular flexibility index (Phi) is 2.33. The molecule has 0 atom stereocenters. The van der Waals surface area contributed by atoms with Crippen LogP contribution in [0.4, 0.5) is 0 Å². The average molecular weight is 189 g/mol. The van der Waals surface area contributed by atoms with Crippen LogP contribution in [0.3, 0.4) is 0 Å². The predicted molar refractivity (Wildman–Crippen MR) is 55.2 cm³/mol. The summed E-state index contributed by atoms with van der Waals surface area (Å²) in [4.78, 5) is 11.0. The molecule has 72 valence electrons. The van der Waals surface area contributed by atoms with Crippen LogP contribution >= 0.6 is 0 Å². The standard InChI is InChI=1S/C11H11NO2/c12-7-6-9-3-1-2-8-4-5-10(13)14-11(8)9/h1-5H,6-7,12H2. The lowest BCUT2D eigenvalue weighted by molar-refractivity contribution is 0.557. The van der Waals surface area contributed by atoms with E-state index in [1.165, 1.54) is 6.07 Å². The van der Waals surface area contributed by atoms with Crippen molar-refractivity contribution in [3.63, 3.8) is 0 Å². The minimum absolute atomic E-state index is 0.318. The molecule has 3 nitrogen and oxygen atoms in total. The first-order valence-electron chi connectivity index (χ1n) is 4.53. The highest BCUT2D eigenvalue weighted by Crippen LogP contribution is 2.16. The summed E-state index contributed by atoms with van der Waals surface area (Å²) in [6, 6.07) is 8.97. The molecule has 0 aliphatic rings. The van der Waals surface area contributed by atoms with E-state index in [1.807, 2.05) is 18.2 Å². The van der Waals surface area contributed by atoms with Gasteiger partial charge in [-0.15, -0.1) is 0 Å². The first-order valence-corrected chi connectivity index (χ1v) is 4.53. The van der Waals surface area contributed by atoms with Gasteiger partial charge in [0.25, 0.3) is 0 Å². The highest BCUT2D eigenvalue weighted by Gasteiger charge is 2.02. The molecule has 0 saturated heterocycles. The van der Waals surface area contributed by atoms with Gasteiger partial charge in [-0.05, 0) is 24.6 Å². The van der Waals surface area contributed by atoms with E-state index in [2.05, 4.69) is 0 Å². The number of hydrogen-bond donors (Lipinski definition) is 1. The third kappa shape index (κ3) is 1.54. The van der Waals surface area contributed by atoms with Gasteiger partial charge in [-0.2, -0.15) is 0 Å². The quantitative estimate of drug-likeness (QED) is 0.724. The van der Waals surface area contributed by atoms with Crippen LogP contribution in [0, 0.1) is 0 Å². The largest absolute Gasteiger partial charge is 0.422 e. The van der Waals surface area contributed by atoms with Gasteiger partial charge in [-0.1, -0.05) is 18.2 Å². The maximum atomic E-state index is 11.0. The van der Waals surface area contributed by atoms with Crippen LogP contribution in [0.5, 0.6) is 0 Å². The second-order valence-electron chi connectivity index (χ2n) is 3.13. The maximum Gasteiger partial charge on any atom is 0.336 e. The normalized spacial score (nSPS) is 10.6. The molecular formula is C11H11NO2. The van der Waals surface area contributed by atoms with E-state index in [9.17, 15) is 4.79 Å². The summed E-state index contributed by atoms with van der Waals surface area (Å²) >= 11 is 0. The van der Waals surface area contributed by atoms with Crippen molar-refractivity contribution in [3.8, 4) is 0 Å². The van der Waals surface area contributed by atoms with Gasteiger partial charge in [-0.3, -0.25) is 0 Å². The number of benzene rings is 1. The van der Waals surface area contributed by atoms with Gasteiger partial charge in [0.1, 0.15) is 5.58 Å². The van der Waals surface area contributed by atoms with Crippen LogP contribution < -0.4 is 11.4 Å². The zero-order chi connectivity index (χ0) is 9.97. The molecule has 0 aliphatic heterocycles. The third-order valence-corrected chi connectivity index (χ3v) is 2.14. The predicted octanol–water partition coefficient (Wildman–Crippen LogP) is 1.29. The topological polar surface area (TPSA) is 56.2 Å². The Morgan fingerprint density at radius 1 is 1.21 bits per heavy atom. The highest BCUT2D eigenvalue weighted by atomic mass is 16.4. The van der Waals surface area contributed by atoms with E-state index >= 15 is 0 Å². The highest BCUT2D eigenvalue weighted by molar-refractivity contribution is 5.79. The zero-order valence-corrected chi connectivity index (χ0v) is 7.69. The minimum Gasteiger partial charge on any atom is -0.422 e. The first kappa shape index (κ1) is 8.97. The summed E-state index contributed by atoms with van der Waals surface area (Å²) < 4.78 is 5.13. The molecule has 0 saturated carbocycles. The SMILES string of the molecule is NCCc1cccc2ccc(=O)oc12. The maximum absolute atomic E-state index is 11.0. The lowest BCUT2D eigenvalue weighted by Crippen LogP contribution is -2.04. The molecule has 0 radical (unpaired) electrons. The van der Waals surface area contributed by atoms with Crippen molar-refractivity contribution < 1.29 is 4.42 Å². The van der Waals surface area contributed by atoms with E-state index in [4.69, 9.17) is 10.2 Å². The Hall–Kier alpha value is -1.61. The molecule has 2 N–H and O–H groups in total. The Bertz CT molecular complexity index is 502. The number of para-hydroxylation sites is 1. The average Bonchev–Trinajstić information content (AvgIpc) is 2.19. The number of fused-ring (bicyclic) bond motifs is 1. The molecule has 0 spiro atoms. The van der Waals surface area contributed by atoms with E-state index in [1.54, 1.807) is 6.07 Å². The lowest BCUT2D eigenvalue weighted by atomic mass is 10.1. The van der Waals surface area contributed by atoms with Crippen LogP contribution in [-0.2, 0) is 6.42 Å². The van der Waals surface area contributed by atoms with Crippen molar-refractivity contribution in [2.75, 3.05) is 6.54 Å². The van der Waals surface area contributed by atoms with Crippen LogP contribution in [0.2, 0.25) is 0 Å². The summed E-state index contributed by atoms with van der Waals surface area (Å²) in [7, 11) is 0. The first-order chi connectivity index (χ1) is 6.81. The molecule has 0 aliphatic carbocycles. The summed E-state index contributed by atoms with van der Waals surface area (Å²) in [5.74, 6) is 0. The molecule has 0 amide bonds. The fourth-order valence-corrected chi connectivity index (χ4v) is 1.51. The summed E-state index contributed by atoms with van der Waals surface area (Å²) in [5, 5.41) is 0.940. The van der Waals surface area contributed by atoms with Gasteiger partial charge in [-0.25, -0.2) is 4.79 Å². The molecule has 1 heterocycles. The van der Waals surface area contributed by atoms with Crippen molar-refractivity contribution in [2.45, 2.75) is 6.42 Å². The molecule has 2 aromatic rings. The van der Waals surface area contributed by atoms with E-state index < -0.39 is 0 Å². The molecule has 0 bridgehead atoms. The number of nitrogens with two attached hydrogens (primary N) is 1. The van der Waals surface area contributed by atoms with Crippen molar-refractivity contribution in [1.82, 2.24) is 0 Å². The van der Waals surface area contributed by atoms with Crippen molar-refractivity contribution in [1.29, 1.82) is 0 Å². The Balaban J connectivity index is 2.71. The Labute approximate surface area is 81.1 Å². The second-order valence-corrected chi connectivity index (χ2v) is 3.13. The fourth-order valence-electron chi connectivity index (χ4n) is 1.51. The van der Waals surface area contributed by atoms with E-state index in [0.29, 0.717) is 12.1 Å². The van der Waals surface area contributed by atoms with E-state index in [0.717, 1.165) is 17.4 Å². The van der Waals surface area contributed by atoms with Crippen LogP contribution in [0.15, 0.2) is 39.5 Å². The second kappa shape index (κ2) is 3.64. The molecule has 3 heteroatoms. The summed E-state index contributed by atoms with van der Waals surface area (Å²) in [5.41, 5.74) is 6.80. The van der Waals surface area contributed by atoms with Crippen LogP contribution in [0.1, 0.15) is 5.56 Å². The van der Waals surface area contributed by atoms with Gasteiger partial charge < -0.3 is 10.2 Å². The smallest absolute Gasteiger partial charge is 0.336 e.